The molecule has 4 aromatic carbocycles. The van der Waals surface area contributed by atoms with Crippen LogP contribution >= 0.6 is 0 Å². The maximum atomic E-state index is 14.2. The number of fused-ring (bicyclic) bond motifs is 1. The first-order chi connectivity index (χ1) is 20.7. The number of benzene rings is 4. The van der Waals surface area contributed by atoms with Crippen molar-refractivity contribution in [1.29, 1.82) is 0 Å². The Balaban J connectivity index is 1.40. The summed E-state index contributed by atoms with van der Waals surface area (Å²) in [5.74, 6) is -1.03. The zero-order valence-electron chi connectivity index (χ0n) is 25.0. The molecule has 7 nitrogen and oxygen atoms in total. The van der Waals surface area contributed by atoms with Crippen molar-refractivity contribution in [1.82, 2.24) is 15.1 Å². The van der Waals surface area contributed by atoms with Crippen molar-refractivity contribution < 1.29 is 19.1 Å². The first kappa shape index (κ1) is 30.0. The maximum absolute atomic E-state index is 14.2. The lowest BCUT2D eigenvalue weighted by Crippen LogP contribution is -2.60. The van der Waals surface area contributed by atoms with E-state index in [0.29, 0.717) is 31.7 Å². The average molecular weight is 578 g/mol. The van der Waals surface area contributed by atoms with Gasteiger partial charge in [0.15, 0.2) is 0 Å². The molecule has 0 spiro atoms. The molecule has 4 aromatic rings. The van der Waals surface area contributed by atoms with E-state index in [9.17, 15) is 14.4 Å². The van der Waals surface area contributed by atoms with Crippen molar-refractivity contribution in [2.24, 2.45) is 5.41 Å². The van der Waals surface area contributed by atoms with E-state index in [4.69, 9.17) is 4.74 Å². The standard InChI is InChI=1S/C36H39N3O4/c1-36(2,3)35(42)37-32(29-15-8-5-9-16-29)33(40)39-21-20-38(23-27-18-19-28-14-10-11-17-30(28)22-27)24-31(39)34(41)43-25-26-12-6-4-7-13-26/h4-19,22,31-32H,20-21,23-25H2,1-3H3,(H,37,42). The van der Waals surface area contributed by atoms with Gasteiger partial charge in [-0.2, -0.15) is 0 Å². The summed E-state index contributed by atoms with van der Waals surface area (Å²) in [7, 11) is 0. The largest absolute Gasteiger partial charge is 0.459 e. The highest BCUT2D eigenvalue weighted by Gasteiger charge is 2.40. The number of amides is 2. The second kappa shape index (κ2) is 13.2. The Bertz CT molecular complexity index is 1570. The molecule has 0 aliphatic carbocycles. The van der Waals surface area contributed by atoms with Crippen LogP contribution in [0.1, 0.15) is 43.5 Å². The molecule has 1 N–H and O–H groups in total. The second-order valence-corrected chi connectivity index (χ2v) is 12.1. The molecule has 1 aliphatic rings. The van der Waals surface area contributed by atoms with Gasteiger partial charge in [-0.05, 0) is 33.5 Å². The molecule has 0 radical (unpaired) electrons. The monoisotopic (exact) mass is 577 g/mol. The van der Waals surface area contributed by atoms with Crippen LogP contribution in [-0.4, -0.2) is 53.3 Å². The minimum atomic E-state index is -0.926. The van der Waals surface area contributed by atoms with E-state index < -0.39 is 23.5 Å². The van der Waals surface area contributed by atoms with E-state index in [1.807, 2.05) is 93.6 Å². The van der Waals surface area contributed by atoms with Crippen LogP contribution in [0, 0.1) is 5.41 Å². The van der Waals surface area contributed by atoms with Crippen molar-refractivity contribution in [2.45, 2.75) is 46.0 Å². The molecule has 1 saturated heterocycles. The summed E-state index contributed by atoms with van der Waals surface area (Å²) in [6, 6.07) is 31.6. The Hall–Kier alpha value is -4.49. The van der Waals surface area contributed by atoms with Crippen molar-refractivity contribution in [3.8, 4) is 0 Å². The van der Waals surface area contributed by atoms with Crippen LogP contribution < -0.4 is 5.32 Å². The Kier molecular flexibility index (Phi) is 9.22. The van der Waals surface area contributed by atoms with E-state index in [2.05, 4.69) is 40.5 Å². The topological polar surface area (TPSA) is 79.0 Å². The van der Waals surface area contributed by atoms with Gasteiger partial charge < -0.3 is 15.0 Å². The number of hydrogen-bond donors (Lipinski definition) is 1. The normalized spacial score (nSPS) is 16.4. The Morgan fingerprint density at radius 3 is 2.16 bits per heavy atom. The first-order valence-corrected chi connectivity index (χ1v) is 14.8. The van der Waals surface area contributed by atoms with Crippen LogP contribution in [0.4, 0.5) is 0 Å². The van der Waals surface area contributed by atoms with Gasteiger partial charge in [0, 0.05) is 31.6 Å². The van der Waals surface area contributed by atoms with E-state index >= 15 is 0 Å². The molecule has 2 unspecified atom stereocenters. The van der Waals surface area contributed by atoms with Gasteiger partial charge in [-0.3, -0.25) is 14.5 Å². The van der Waals surface area contributed by atoms with Crippen molar-refractivity contribution in [2.75, 3.05) is 19.6 Å². The van der Waals surface area contributed by atoms with Crippen LogP contribution in [0.2, 0.25) is 0 Å². The van der Waals surface area contributed by atoms with Gasteiger partial charge in [0.25, 0.3) is 5.91 Å². The molecule has 7 heteroatoms. The highest BCUT2D eigenvalue weighted by molar-refractivity contribution is 5.93. The Morgan fingerprint density at radius 1 is 0.814 bits per heavy atom. The number of esters is 1. The molecule has 0 aromatic heterocycles. The minimum absolute atomic E-state index is 0.117. The predicted octanol–water partition coefficient (Wildman–Crippen LogP) is 5.50. The summed E-state index contributed by atoms with van der Waals surface area (Å²) in [4.78, 5) is 44.8. The first-order valence-electron chi connectivity index (χ1n) is 14.8. The Morgan fingerprint density at radius 2 is 1.47 bits per heavy atom. The summed E-state index contributed by atoms with van der Waals surface area (Å²) in [5.41, 5.74) is 1.98. The van der Waals surface area contributed by atoms with Crippen LogP contribution in [0.5, 0.6) is 0 Å². The maximum Gasteiger partial charge on any atom is 0.330 e. The molecular formula is C36H39N3O4. The second-order valence-electron chi connectivity index (χ2n) is 12.1. The number of nitrogens with zero attached hydrogens (tertiary/aromatic N) is 2. The lowest BCUT2D eigenvalue weighted by Gasteiger charge is -2.41. The van der Waals surface area contributed by atoms with Gasteiger partial charge in [0.05, 0.1) is 0 Å². The fourth-order valence-corrected chi connectivity index (χ4v) is 5.32. The molecule has 1 heterocycles. The summed E-state index contributed by atoms with van der Waals surface area (Å²) in [6.07, 6.45) is 0. The zero-order valence-corrected chi connectivity index (χ0v) is 25.0. The predicted molar refractivity (Wildman–Crippen MR) is 168 cm³/mol. The van der Waals surface area contributed by atoms with E-state index in [-0.39, 0.29) is 18.4 Å². The van der Waals surface area contributed by atoms with Crippen molar-refractivity contribution in [3.63, 3.8) is 0 Å². The van der Waals surface area contributed by atoms with Gasteiger partial charge >= 0.3 is 5.97 Å². The van der Waals surface area contributed by atoms with Crippen LogP contribution in [0.3, 0.4) is 0 Å². The van der Waals surface area contributed by atoms with Gasteiger partial charge in [-0.1, -0.05) is 118 Å². The number of ether oxygens (including phenoxy) is 1. The summed E-state index contributed by atoms with van der Waals surface area (Å²) < 4.78 is 5.78. The molecule has 5 rings (SSSR count). The summed E-state index contributed by atoms with van der Waals surface area (Å²) in [6.45, 7) is 7.41. The fraction of sp³-hybridized carbons (Fsp3) is 0.306. The lowest BCUT2D eigenvalue weighted by molar-refractivity contribution is -0.161. The lowest BCUT2D eigenvalue weighted by atomic mass is 9.94. The highest BCUT2D eigenvalue weighted by atomic mass is 16.5. The molecule has 2 amide bonds. The molecule has 1 aliphatic heterocycles. The van der Waals surface area contributed by atoms with Crippen LogP contribution in [0.25, 0.3) is 10.8 Å². The minimum Gasteiger partial charge on any atom is -0.459 e. The third-order valence-corrected chi connectivity index (χ3v) is 7.80. The van der Waals surface area contributed by atoms with Gasteiger partial charge in [-0.25, -0.2) is 4.79 Å². The smallest absolute Gasteiger partial charge is 0.330 e. The number of hydrogen-bond acceptors (Lipinski definition) is 5. The van der Waals surface area contributed by atoms with E-state index in [1.165, 1.54) is 5.39 Å². The summed E-state index contributed by atoms with van der Waals surface area (Å²) >= 11 is 0. The molecule has 2 atom stereocenters. The van der Waals surface area contributed by atoms with Gasteiger partial charge in [0.1, 0.15) is 18.7 Å². The van der Waals surface area contributed by atoms with Crippen LogP contribution in [-0.2, 0) is 32.3 Å². The SMILES string of the molecule is CC(C)(C)C(=O)NC(C(=O)N1CCN(Cc2ccc3ccccc3c2)CC1C(=O)OCc1ccccc1)c1ccccc1. The van der Waals surface area contributed by atoms with Gasteiger partial charge in [0.2, 0.25) is 5.91 Å². The molecule has 1 fully saturated rings. The molecule has 0 bridgehead atoms. The summed E-state index contributed by atoms with van der Waals surface area (Å²) in [5, 5.41) is 5.29. The zero-order chi connectivity index (χ0) is 30.4. The number of nitrogens with one attached hydrogen (secondary N) is 1. The number of rotatable bonds is 8. The molecular weight excluding hydrogens is 538 g/mol. The quantitative estimate of drug-likeness (QED) is 0.280. The highest BCUT2D eigenvalue weighted by Crippen LogP contribution is 2.25. The number of carbonyl (C=O) groups is 3. The Labute approximate surface area is 253 Å². The van der Waals surface area contributed by atoms with E-state index in [1.54, 1.807) is 4.90 Å². The van der Waals surface area contributed by atoms with Crippen LogP contribution in [0.15, 0.2) is 103 Å². The number of piperazine rings is 1. The molecule has 222 valence electrons. The number of carbonyl (C=O) groups excluding carboxylic acids is 3. The van der Waals surface area contributed by atoms with Crippen molar-refractivity contribution >= 4 is 28.6 Å². The third-order valence-electron chi connectivity index (χ3n) is 7.80. The third kappa shape index (κ3) is 7.48. The van der Waals surface area contributed by atoms with E-state index in [0.717, 1.165) is 16.5 Å². The molecule has 43 heavy (non-hydrogen) atoms. The fourth-order valence-electron chi connectivity index (χ4n) is 5.32. The molecule has 0 saturated carbocycles. The van der Waals surface area contributed by atoms with Crippen molar-refractivity contribution in [3.05, 3.63) is 120 Å². The van der Waals surface area contributed by atoms with Gasteiger partial charge in [-0.15, -0.1) is 0 Å². The average Bonchev–Trinajstić information content (AvgIpc) is 3.02.